The van der Waals surface area contributed by atoms with Crippen molar-refractivity contribution in [2.24, 2.45) is 10.8 Å². The van der Waals surface area contributed by atoms with E-state index in [9.17, 15) is 14.7 Å². The van der Waals surface area contributed by atoms with Crippen LogP contribution in [0.25, 0.3) is 0 Å². The van der Waals surface area contributed by atoms with Crippen LogP contribution in [0.15, 0.2) is 12.3 Å². The first-order valence-electron chi connectivity index (χ1n) is 6.30. The van der Waals surface area contributed by atoms with Gasteiger partial charge >= 0.3 is 5.97 Å². The number of piperidine rings is 1. The van der Waals surface area contributed by atoms with E-state index >= 15 is 0 Å². The van der Waals surface area contributed by atoms with Gasteiger partial charge in [-0.05, 0) is 19.8 Å². The third-order valence-corrected chi connectivity index (χ3v) is 3.68. The number of hydrogen-bond acceptors (Lipinski definition) is 3. The SMILES string of the molecule is C=C(C)N1CCC(C(=O)O)(C(=O)C(C)(C)C)CC1. The van der Waals surface area contributed by atoms with Gasteiger partial charge in [-0.25, -0.2) is 0 Å². The van der Waals surface area contributed by atoms with Crippen LogP contribution in [0.4, 0.5) is 0 Å². The van der Waals surface area contributed by atoms with Gasteiger partial charge in [-0.1, -0.05) is 27.4 Å². The van der Waals surface area contributed by atoms with Crippen LogP contribution in [-0.4, -0.2) is 34.8 Å². The lowest BCUT2D eigenvalue weighted by Gasteiger charge is -2.41. The zero-order chi connectivity index (χ0) is 14.1. The van der Waals surface area contributed by atoms with E-state index in [2.05, 4.69) is 6.58 Å². The summed E-state index contributed by atoms with van der Waals surface area (Å²) in [7, 11) is 0. The van der Waals surface area contributed by atoms with Gasteiger partial charge in [-0.3, -0.25) is 9.59 Å². The molecule has 1 aliphatic heterocycles. The largest absolute Gasteiger partial charge is 0.480 e. The normalized spacial score (nSPS) is 19.4. The van der Waals surface area contributed by atoms with E-state index in [1.54, 1.807) is 20.8 Å². The first-order chi connectivity index (χ1) is 8.11. The Morgan fingerprint density at radius 2 is 1.67 bits per heavy atom. The molecule has 1 rings (SSSR count). The van der Waals surface area contributed by atoms with Gasteiger partial charge in [-0.2, -0.15) is 0 Å². The predicted octanol–water partition coefficient (Wildman–Crippen LogP) is 2.30. The van der Waals surface area contributed by atoms with E-state index in [1.165, 1.54) is 0 Å². The Balaban J connectivity index is 2.97. The van der Waals surface area contributed by atoms with Crippen LogP contribution in [0.1, 0.15) is 40.5 Å². The number of carbonyl (C=O) groups is 2. The van der Waals surface area contributed by atoms with Crippen LogP contribution in [0.2, 0.25) is 0 Å². The van der Waals surface area contributed by atoms with Crippen molar-refractivity contribution in [2.45, 2.75) is 40.5 Å². The highest BCUT2D eigenvalue weighted by molar-refractivity contribution is 6.05. The van der Waals surface area contributed by atoms with Gasteiger partial charge in [-0.15, -0.1) is 0 Å². The molecule has 0 aromatic rings. The lowest BCUT2D eigenvalue weighted by Crippen LogP contribution is -2.51. The van der Waals surface area contributed by atoms with E-state index < -0.39 is 16.8 Å². The summed E-state index contributed by atoms with van der Waals surface area (Å²) in [4.78, 5) is 26.1. The van der Waals surface area contributed by atoms with Crippen molar-refractivity contribution in [1.82, 2.24) is 4.90 Å². The van der Waals surface area contributed by atoms with Crippen molar-refractivity contribution >= 4 is 11.8 Å². The molecule has 0 saturated carbocycles. The molecule has 0 amide bonds. The Labute approximate surface area is 109 Å². The number of carbonyl (C=O) groups excluding carboxylic acids is 1. The Kier molecular flexibility index (Phi) is 3.89. The highest BCUT2D eigenvalue weighted by atomic mass is 16.4. The Bertz CT molecular complexity index is 371. The van der Waals surface area contributed by atoms with Gasteiger partial charge in [0.1, 0.15) is 5.41 Å². The molecule has 0 spiro atoms. The maximum absolute atomic E-state index is 12.4. The topological polar surface area (TPSA) is 57.6 Å². The van der Waals surface area contributed by atoms with Crippen molar-refractivity contribution in [3.05, 3.63) is 12.3 Å². The van der Waals surface area contributed by atoms with E-state index in [0.29, 0.717) is 25.9 Å². The minimum atomic E-state index is -1.22. The number of carboxylic acid groups (broad SMARTS) is 1. The molecule has 18 heavy (non-hydrogen) atoms. The standard InChI is InChI=1S/C14H23NO3/c1-10(2)15-8-6-14(7-9-15,12(17)18)11(16)13(3,4)5/h1,6-9H2,2-5H3,(H,17,18). The van der Waals surface area contributed by atoms with Crippen LogP contribution in [0.5, 0.6) is 0 Å². The highest BCUT2D eigenvalue weighted by Gasteiger charge is 2.51. The van der Waals surface area contributed by atoms with Crippen LogP contribution < -0.4 is 0 Å². The molecule has 0 aromatic carbocycles. The number of aliphatic carboxylic acids is 1. The fourth-order valence-electron chi connectivity index (χ4n) is 2.53. The third kappa shape index (κ3) is 2.57. The van der Waals surface area contributed by atoms with Crippen molar-refractivity contribution in [2.75, 3.05) is 13.1 Å². The first kappa shape index (κ1) is 14.7. The third-order valence-electron chi connectivity index (χ3n) is 3.68. The minimum absolute atomic E-state index is 0.163. The Hall–Kier alpha value is -1.32. The van der Waals surface area contributed by atoms with Crippen LogP contribution in [0, 0.1) is 10.8 Å². The zero-order valence-electron chi connectivity index (χ0n) is 11.7. The van der Waals surface area contributed by atoms with Crippen molar-refractivity contribution in [3.63, 3.8) is 0 Å². The van der Waals surface area contributed by atoms with Gasteiger partial charge in [0, 0.05) is 24.2 Å². The number of ketones is 1. The van der Waals surface area contributed by atoms with E-state index in [4.69, 9.17) is 0 Å². The van der Waals surface area contributed by atoms with Gasteiger partial charge < -0.3 is 10.0 Å². The van der Waals surface area contributed by atoms with E-state index in [0.717, 1.165) is 5.70 Å². The van der Waals surface area contributed by atoms with Gasteiger partial charge in [0.05, 0.1) is 0 Å². The van der Waals surface area contributed by atoms with Crippen LogP contribution in [-0.2, 0) is 9.59 Å². The molecule has 0 bridgehead atoms. The summed E-state index contributed by atoms with van der Waals surface area (Å²) >= 11 is 0. The average molecular weight is 253 g/mol. The summed E-state index contributed by atoms with van der Waals surface area (Å²) in [6, 6.07) is 0. The number of carboxylic acids is 1. The van der Waals surface area contributed by atoms with E-state index in [1.807, 2.05) is 11.8 Å². The summed E-state index contributed by atoms with van der Waals surface area (Å²) in [6.07, 6.45) is 0.733. The number of rotatable bonds is 3. The second kappa shape index (κ2) is 4.75. The summed E-state index contributed by atoms with van der Waals surface area (Å²) in [5, 5.41) is 9.49. The summed E-state index contributed by atoms with van der Waals surface area (Å²) in [5.41, 5.74) is -0.911. The molecule has 0 atom stereocenters. The van der Waals surface area contributed by atoms with Gasteiger partial charge in [0.25, 0.3) is 0 Å². The molecule has 0 radical (unpaired) electrons. The quantitative estimate of drug-likeness (QED) is 0.784. The maximum atomic E-state index is 12.4. The fourth-order valence-corrected chi connectivity index (χ4v) is 2.53. The molecule has 1 N–H and O–H groups in total. The summed E-state index contributed by atoms with van der Waals surface area (Å²) < 4.78 is 0. The van der Waals surface area contributed by atoms with Crippen LogP contribution in [0.3, 0.4) is 0 Å². The molecule has 1 fully saturated rings. The molecule has 102 valence electrons. The molecule has 0 aromatic heterocycles. The number of nitrogens with zero attached hydrogens (tertiary/aromatic N) is 1. The minimum Gasteiger partial charge on any atom is -0.480 e. The molecule has 1 saturated heterocycles. The molecule has 4 nitrogen and oxygen atoms in total. The Morgan fingerprint density at radius 1 is 1.22 bits per heavy atom. The second-order valence-corrected chi connectivity index (χ2v) is 6.19. The summed E-state index contributed by atoms with van der Waals surface area (Å²) in [6.45, 7) is 12.3. The fraction of sp³-hybridized carbons (Fsp3) is 0.714. The lowest BCUT2D eigenvalue weighted by molar-refractivity contribution is -0.161. The second-order valence-electron chi connectivity index (χ2n) is 6.19. The van der Waals surface area contributed by atoms with Crippen molar-refractivity contribution in [1.29, 1.82) is 0 Å². The smallest absolute Gasteiger partial charge is 0.317 e. The van der Waals surface area contributed by atoms with Gasteiger partial charge in [0.15, 0.2) is 5.78 Å². The molecule has 1 heterocycles. The predicted molar refractivity (Wildman–Crippen MR) is 70.2 cm³/mol. The highest BCUT2D eigenvalue weighted by Crippen LogP contribution is 2.39. The van der Waals surface area contributed by atoms with Crippen molar-refractivity contribution in [3.8, 4) is 0 Å². The molecular formula is C14H23NO3. The zero-order valence-corrected chi connectivity index (χ0v) is 11.7. The lowest BCUT2D eigenvalue weighted by atomic mass is 9.67. The first-order valence-corrected chi connectivity index (χ1v) is 6.30. The number of hydrogen-bond donors (Lipinski definition) is 1. The number of likely N-dealkylation sites (tertiary alicyclic amines) is 1. The number of allylic oxidation sites excluding steroid dienone is 1. The monoisotopic (exact) mass is 253 g/mol. The van der Waals surface area contributed by atoms with Crippen LogP contribution >= 0.6 is 0 Å². The average Bonchev–Trinajstić information content (AvgIpc) is 2.26. The summed E-state index contributed by atoms with van der Waals surface area (Å²) in [5.74, 6) is -1.15. The molecule has 0 unspecified atom stereocenters. The van der Waals surface area contributed by atoms with Gasteiger partial charge in [0.2, 0.25) is 0 Å². The molecule has 4 heteroatoms. The molecule has 1 aliphatic rings. The molecule has 0 aliphatic carbocycles. The Morgan fingerprint density at radius 3 is 1.94 bits per heavy atom. The van der Waals surface area contributed by atoms with Crippen molar-refractivity contribution < 1.29 is 14.7 Å². The number of Topliss-reactive ketones (excluding diaryl/α,β-unsaturated/α-hetero) is 1. The van der Waals surface area contributed by atoms with E-state index in [-0.39, 0.29) is 5.78 Å². The molecular weight excluding hydrogens is 230 g/mol. The maximum Gasteiger partial charge on any atom is 0.317 e.